The molecule has 0 amide bonds. The van der Waals surface area contributed by atoms with Crippen molar-refractivity contribution in [2.75, 3.05) is 27.2 Å². The maximum Gasteiger partial charge on any atom is 0.191 e. The second-order valence-electron chi connectivity index (χ2n) is 6.22. The minimum absolute atomic E-state index is 0.225. The second kappa shape index (κ2) is 7.46. The molecule has 0 unspecified atom stereocenters. The summed E-state index contributed by atoms with van der Waals surface area (Å²) in [5.41, 5.74) is 3.05. The number of rotatable bonds is 6. The van der Waals surface area contributed by atoms with Crippen LogP contribution in [0.1, 0.15) is 25.1 Å². The fourth-order valence-electron chi connectivity index (χ4n) is 2.22. The van der Waals surface area contributed by atoms with E-state index >= 15 is 0 Å². The summed E-state index contributed by atoms with van der Waals surface area (Å²) < 4.78 is 7.46. The first-order chi connectivity index (χ1) is 10.9. The first kappa shape index (κ1) is 17.3. The van der Waals surface area contributed by atoms with Crippen LogP contribution in [0.4, 0.5) is 0 Å². The number of guanidine groups is 1. The van der Waals surface area contributed by atoms with Gasteiger partial charge in [0.05, 0.1) is 11.3 Å². The van der Waals surface area contributed by atoms with Crippen molar-refractivity contribution in [3.63, 3.8) is 0 Å². The van der Waals surface area contributed by atoms with E-state index in [0.29, 0.717) is 6.54 Å². The van der Waals surface area contributed by atoms with Gasteiger partial charge in [0.1, 0.15) is 5.65 Å². The van der Waals surface area contributed by atoms with Crippen LogP contribution >= 0.6 is 0 Å². The lowest BCUT2D eigenvalue weighted by Crippen LogP contribution is -2.45. The van der Waals surface area contributed by atoms with Crippen molar-refractivity contribution < 1.29 is 4.74 Å². The number of aromatic nitrogens is 2. The van der Waals surface area contributed by atoms with Crippen LogP contribution in [0.3, 0.4) is 0 Å². The average Bonchev–Trinajstić information content (AvgIpc) is 2.95. The largest absolute Gasteiger partial charge is 0.377 e. The molecule has 0 aliphatic carbocycles. The quantitative estimate of drug-likeness (QED) is 0.630. The zero-order valence-electron chi connectivity index (χ0n) is 14.7. The fourth-order valence-corrected chi connectivity index (χ4v) is 2.22. The Morgan fingerprint density at radius 1 is 1.39 bits per heavy atom. The minimum Gasteiger partial charge on any atom is -0.377 e. The summed E-state index contributed by atoms with van der Waals surface area (Å²) in [7, 11) is 3.48. The molecule has 6 heteroatoms. The molecular weight excluding hydrogens is 290 g/mol. The average molecular weight is 317 g/mol. The van der Waals surface area contributed by atoms with Crippen molar-refractivity contribution in [3.05, 3.63) is 35.8 Å². The summed E-state index contributed by atoms with van der Waals surface area (Å²) in [6.45, 7) is 7.61. The number of fused-ring (bicyclic) bond motifs is 1. The Bertz CT molecular complexity index is 675. The Morgan fingerprint density at radius 3 is 2.83 bits per heavy atom. The normalized spacial score (nSPS) is 12.7. The molecule has 0 atom stereocenters. The lowest BCUT2D eigenvalue weighted by Gasteiger charge is -2.24. The van der Waals surface area contributed by atoms with Crippen molar-refractivity contribution in [3.8, 4) is 0 Å². The van der Waals surface area contributed by atoms with Gasteiger partial charge in [-0.15, -0.1) is 0 Å². The first-order valence-corrected chi connectivity index (χ1v) is 7.88. The number of nitrogens with zero attached hydrogens (tertiary/aromatic N) is 3. The number of aliphatic imine (C=N–C) groups is 1. The molecule has 2 aromatic rings. The van der Waals surface area contributed by atoms with Gasteiger partial charge in [-0.1, -0.05) is 6.07 Å². The summed E-state index contributed by atoms with van der Waals surface area (Å²) in [4.78, 5) is 8.90. The van der Waals surface area contributed by atoms with Gasteiger partial charge >= 0.3 is 0 Å². The molecule has 0 fully saturated rings. The van der Waals surface area contributed by atoms with E-state index in [1.165, 1.54) is 5.56 Å². The molecule has 2 aromatic heterocycles. The van der Waals surface area contributed by atoms with Gasteiger partial charge in [0, 0.05) is 46.1 Å². The first-order valence-electron chi connectivity index (χ1n) is 7.88. The Morgan fingerprint density at radius 2 is 2.17 bits per heavy atom. The van der Waals surface area contributed by atoms with Gasteiger partial charge < -0.3 is 19.8 Å². The highest BCUT2D eigenvalue weighted by atomic mass is 16.5. The minimum atomic E-state index is -0.225. The Balaban J connectivity index is 1.86. The number of ether oxygens (including phenoxy) is 1. The maximum absolute atomic E-state index is 5.39. The summed E-state index contributed by atoms with van der Waals surface area (Å²) in [5.74, 6) is 0.773. The van der Waals surface area contributed by atoms with E-state index in [-0.39, 0.29) is 5.60 Å². The van der Waals surface area contributed by atoms with Gasteiger partial charge in [0.2, 0.25) is 0 Å². The summed E-state index contributed by atoms with van der Waals surface area (Å²) in [6, 6.07) is 4.11. The van der Waals surface area contributed by atoms with Gasteiger partial charge in [0.25, 0.3) is 0 Å². The zero-order chi connectivity index (χ0) is 16.9. The van der Waals surface area contributed by atoms with Crippen LogP contribution in [0.25, 0.3) is 5.65 Å². The highest BCUT2D eigenvalue weighted by Gasteiger charge is 2.16. The molecule has 6 nitrogen and oxygen atoms in total. The van der Waals surface area contributed by atoms with Crippen LogP contribution in [0, 0.1) is 6.92 Å². The molecule has 2 heterocycles. The van der Waals surface area contributed by atoms with E-state index in [0.717, 1.165) is 30.3 Å². The molecule has 0 bridgehead atoms. The summed E-state index contributed by atoms with van der Waals surface area (Å²) >= 11 is 0. The molecule has 0 aromatic carbocycles. The van der Waals surface area contributed by atoms with E-state index in [2.05, 4.69) is 44.2 Å². The number of imidazole rings is 1. The molecular formula is C17H27N5O. The third kappa shape index (κ3) is 4.69. The Labute approximate surface area is 138 Å². The van der Waals surface area contributed by atoms with E-state index in [1.54, 1.807) is 14.2 Å². The molecule has 2 rings (SSSR count). The smallest absolute Gasteiger partial charge is 0.191 e. The number of aryl methyl sites for hydroxylation is 1. The van der Waals surface area contributed by atoms with E-state index in [9.17, 15) is 0 Å². The van der Waals surface area contributed by atoms with Crippen LogP contribution in [0.2, 0.25) is 0 Å². The van der Waals surface area contributed by atoms with Gasteiger partial charge in [-0.05, 0) is 32.4 Å². The fraction of sp³-hybridized carbons (Fsp3) is 0.529. The molecule has 0 saturated carbocycles. The highest BCUT2D eigenvalue weighted by molar-refractivity contribution is 5.79. The van der Waals surface area contributed by atoms with Crippen LogP contribution in [-0.2, 0) is 11.2 Å². The molecule has 0 spiro atoms. The van der Waals surface area contributed by atoms with Gasteiger partial charge in [-0.3, -0.25) is 4.99 Å². The third-order valence-electron chi connectivity index (χ3n) is 3.86. The number of hydrogen-bond acceptors (Lipinski definition) is 3. The third-order valence-corrected chi connectivity index (χ3v) is 3.86. The van der Waals surface area contributed by atoms with Crippen molar-refractivity contribution in [1.82, 2.24) is 20.0 Å². The number of pyridine rings is 1. The predicted octanol–water partition coefficient (Wildman–Crippen LogP) is 1.78. The predicted molar refractivity (Wildman–Crippen MR) is 94.1 cm³/mol. The van der Waals surface area contributed by atoms with Crippen molar-refractivity contribution in [1.29, 1.82) is 0 Å². The molecule has 0 saturated heterocycles. The van der Waals surface area contributed by atoms with Gasteiger partial charge in [-0.25, -0.2) is 4.98 Å². The molecule has 126 valence electrons. The number of methoxy groups -OCH3 is 1. The van der Waals surface area contributed by atoms with E-state index in [1.807, 2.05) is 26.1 Å². The highest BCUT2D eigenvalue weighted by Crippen LogP contribution is 2.10. The van der Waals surface area contributed by atoms with Crippen LogP contribution in [-0.4, -0.2) is 48.2 Å². The standard InChI is InChI=1S/C17H27N5O/c1-13-7-6-10-22-11-14(21-15(13)22)8-9-19-16(18-4)20-12-17(2,3)23-5/h6-7,10-11H,8-9,12H2,1-5H3,(H2,18,19,20). The lowest BCUT2D eigenvalue weighted by atomic mass is 10.1. The molecule has 0 radical (unpaired) electrons. The topological polar surface area (TPSA) is 63.0 Å². The Kier molecular flexibility index (Phi) is 5.60. The van der Waals surface area contributed by atoms with Crippen LogP contribution in [0.5, 0.6) is 0 Å². The lowest BCUT2D eigenvalue weighted by molar-refractivity contribution is 0.0268. The molecule has 23 heavy (non-hydrogen) atoms. The molecule has 0 aliphatic heterocycles. The van der Waals surface area contributed by atoms with Gasteiger partial charge in [0.15, 0.2) is 5.96 Å². The maximum atomic E-state index is 5.39. The van der Waals surface area contributed by atoms with E-state index in [4.69, 9.17) is 4.74 Å². The van der Waals surface area contributed by atoms with Gasteiger partial charge in [-0.2, -0.15) is 0 Å². The number of hydrogen-bond donors (Lipinski definition) is 2. The van der Waals surface area contributed by atoms with E-state index < -0.39 is 0 Å². The molecule has 2 N–H and O–H groups in total. The number of nitrogens with one attached hydrogen (secondary N) is 2. The van der Waals surface area contributed by atoms with Crippen LogP contribution in [0.15, 0.2) is 29.5 Å². The second-order valence-corrected chi connectivity index (χ2v) is 6.22. The van der Waals surface area contributed by atoms with Crippen molar-refractivity contribution in [2.45, 2.75) is 32.8 Å². The van der Waals surface area contributed by atoms with Crippen molar-refractivity contribution >= 4 is 11.6 Å². The molecule has 0 aliphatic rings. The van der Waals surface area contributed by atoms with Crippen molar-refractivity contribution in [2.24, 2.45) is 4.99 Å². The SMILES string of the molecule is CN=C(NCCc1cn2cccc(C)c2n1)NCC(C)(C)OC. The Hall–Kier alpha value is -2.08. The summed E-state index contributed by atoms with van der Waals surface area (Å²) in [5, 5.41) is 6.58. The van der Waals surface area contributed by atoms with Crippen LogP contribution < -0.4 is 10.6 Å². The monoisotopic (exact) mass is 317 g/mol. The summed E-state index contributed by atoms with van der Waals surface area (Å²) in [6.07, 6.45) is 4.95. The zero-order valence-corrected chi connectivity index (χ0v) is 14.7.